The van der Waals surface area contributed by atoms with E-state index < -0.39 is 40.2 Å². The fourth-order valence-electron chi connectivity index (χ4n) is 9.39. The van der Waals surface area contributed by atoms with E-state index in [9.17, 15) is 28.8 Å². The number of hydrogen-bond donors (Lipinski definition) is 6. The van der Waals surface area contributed by atoms with Crippen molar-refractivity contribution in [3.63, 3.8) is 0 Å². The number of anilines is 4. The lowest BCUT2D eigenvalue weighted by Crippen LogP contribution is -2.45. The van der Waals surface area contributed by atoms with E-state index in [1.54, 1.807) is 54.1 Å². The minimum atomic E-state index is -0.695. The number of aromatic nitrogens is 2. The predicted octanol–water partition coefficient (Wildman–Crippen LogP) is 3.66. The molecule has 4 aliphatic rings. The first kappa shape index (κ1) is 49.7. The summed E-state index contributed by atoms with van der Waals surface area (Å²) in [5, 5.41) is 2.71. The fraction of sp³-hybridized carbons (Fsp3) is 0.333. The van der Waals surface area contributed by atoms with Crippen LogP contribution in [0.4, 0.5) is 31.5 Å². The van der Waals surface area contributed by atoms with Crippen molar-refractivity contribution in [2.45, 2.75) is 25.9 Å². The third-order valence-electron chi connectivity index (χ3n) is 13.6. The molecule has 6 aromatic rings. The van der Waals surface area contributed by atoms with Gasteiger partial charge in [-0.2, -0.15) is 0 Å². The number of primary amides is 1. The third kappa shape index (κ3) is 9.77. The first-order valence-corrected chi connectivity index (χ1v) is 23.8. The molecule has 22 heteroatoms. The summed E-state index contributed by atoms with van der Waals surface area (Å²) in [4.78, 5) is 84.1. The fourth-order valence-corrected chi connectivity index (χ4v) is 9.39. The van der Waals surface area contributed by atoms with E-state index in [4.69, 9.17) is 15.2 Å². The zero-order valence-electron chi connectivity index (χ0n) is 40.9. The molecule has 2 atom stereocenters. The molecule has 0 saturated carbocycles. The smallest absolute Gasteiger partial charge is 0.275 e. The highest BCUT2D eigenvalue weighted by atomic mass is 19.1. The number of carbonyl (C=O) groups excluding carboxylic acids is 4. The van der Waals surface area contributed by atoms with Gasteiger partial charge in [-0.15, -0.1) is 0 Å². The third-order valence-corrected chi connectivity index (χ3v) is 13.6. The van der Waals surface area contributed by atoms with E-state index in [0.29, 0.717) is 77.0 Å². The van der Waals surface area contributed by atoms with Gasteiger partial charge in [0, 0.05) is 82.9 Å². The van der Waals surface area contributed by atoms with E-state index in [1.165, 1.54) is 30.6 Å². The molecule has 0 aliphatic carbocycles. The van der Waals surface area contributed by atoms with Gasteiger partial charge in [0.15, 0.2) is 23.1 Å². The van der Waals surface area contributed by atoms with Crippen molar-refractivity contribution in [2.75, 3.05) is 107 Å². The number of hydrogen-bond acceptors (Lipinski definition) is 14. The Morgan fingerprint density at radius 1 is 0.603 bits per heavy atom. The second-order valence-corrected chi connectivity index (χ2v) is 18.6. The molecule has 2 aromatic heterocycles. The molecule has 73 heavy (non-hydrogen) atoms. The molecule has 4 aliphatic heterocycles. The standard InChI is InChI=1S/C26H29FN6O4.C25H27FN6O4/c1-15-14-37-24-21-18(12-20(27)22(24)32-10-8-31(3)9-11-32)23(34)19(13-33(15)21)26(36)30-29-17-6-4-16(5-7-17)25(35)28-2;1-14-13-36-23-20-17(11-19(26)21(23)31-8-6-30(2)7-9-31)22(33)18(12-32(14)20)25(35)29-28-16-5-3-4-15(10-16)24(27)34/h4-7,12-13,15,29H,8-11,14H2,1-3H3,(H,28,35)(H,30,36);3-5,10-12,14,28H,6-9,13H2,1-2H3,(H2,27,34)(H,29,35). The summed E-state index contributed by atoms with van der Waals surface area (Å²) in [7, 11) is 5.58. The van der Waals surface area contributed by atoms with Crippen LogP contribution in [0, 0.1) is 11.6 Å². The molecule has 0 spiro atoms. The van der Waals surface area contributed by atoms with Gasteiger partial charge in [0.2, 0.25) is 16.8 Å². The molecule has 0 radical (unpaired) electrons. The number of likely N-dealkylation sites (N-methyl/N-ethyl adjacent to an activating group) is 2. The predicted molar refractivity (Wildman–Crippen MR) is 273 cm³/mol. The molecular formula is C51H56F2N12O8. The number of pyridine rings is 2. The molecule has 7 N–H and O–H groups in total. The van der Waals surface area contributed by atoms with Crippen LogP contribution in [0.1, 0.15) is 67.4 Å². The molecule has 382 valence electrons. The van der Waals surface area contributed by atoms with Crippen LogP contribution in [0.2, 0.25) is 0 Å². The van der Waals surface area contributed by atoms with Gasteiger partial charge in [-0.25, -0.2) is 8.78 Å². The van der Waals surface area contributed by atoms with Crippen LogP contribution in [-0.4, -0.2) is 129 Å². The van der Waals surface area contributed by atoms with Crippen LogP contribution in [0.5, 0.6) is 11.5 Å². The van der Waals surface area contributed by atoms with Gasteiger partial charge in [-0.1, -0.05) is 6.07 Å². The monoisotopic (exact) mass is 1000 g/mol. The van der Waals surface area contributed by atoms with E-state index in [2.05, 4.69) is 36.8 Å². The topological polar surface area (TPSA) is 230 Å². The van der Waals surface area contributed by atoms with Crippen molar-refractivity contribution in [3.8, 4) is 11.5 Å². The van der Waals surface area contributed by atoms with E-state index in [0.717, 1.165) is 26.2 Å². The Bertz CT molecular complexity index is 3300. The molecule has 4 amide bonds. The second-order valence-electron chi connectivity index (χ2n) is 18.6. The first-order valence-electron chi connectivity index (χ1n) is 23.8. The minimum Gasteiger partial charge on any atom is -0.487 e. The summed E-state index contributed by atoms with van der Waals surface area (Å²) >= 11 is 0. The molecular weight excluding hydrogens is 947 g/mol. The van der Waals surface area contributed by atoms with Crippen molar-refractivity contribution >= 4 is 68.2 Å². The minimum absolute atomic E-state index is 0.0790. The number of amides is 4. The second kappa shape index (κ2) is 20.5. The molecule has 6 heterocycles. The quantitative estimate of drug-likeness (QED) is 0.108. The Labute approximate surface area is 417 Å². The number of benzene rings is 4. The molecule has 2 unspecified atom stereocenters. The number of nitrogens with two attached hydrogens (primary N) is 1. The highest BCUT2D eigenvalue weighted by Crippen LogP contribution is 2.43. The zero-order valence-corrected chi connectivity index (χ0v) is 40.9. The number of carbonyl (C=O) groups is 4. The first-order chi connectivity index (χ1) is 35.0. The molecule has 0 bridgehead atoms. The molecule has 2 saturated heterocycles. The van der Waals surface area contributed by atoms with Crippen LogP contribution in [0.15, 0.2) is 82.6 Å². The van der Waals surface area contributed by atoms with Gasteiger partial charge in [0.05, 0.1) is 45.3 Å². The lowest BCUT2D eigenvalue weighted by molar-refractivity contribution is 0.0952. The summed E-state index contributed by atoms with van der Waals surface area (Å²) in [6.45, 7) is 10.1. The van der Waals surface area contributed by atoms with Gasteiger partial charge < -0.3 is 49.3 Å². The molecule has 20 nitrogen and oxygen atoms in total. The van der Waals surface area contributed by atoms with Crippen LogP contribution in [0.25, 0.3) is 21.8 Å². The summed E-state index contributed by atoms with van der Waals surface area (Å²) in [6, 6.07) is 14.8. The Morgan fingerprint density at radius 2 is 1.05 bits per heavy atom. The number of nitrogens with zero attached hydrogens (tertiary/aromatic N) is 6. The number of nitrogens with one attached hydrogen (secondary N) is 5. The maximum absolute atomic E-state index is 15.5. The number of halogens is 2. The normalized spacial score (nSPS) is 17.4. The average molecular weight is 1000 g/mol. The molecule has 4 aromatic carbocycles. The summed E-state index contributed by atoms with van der Waals surface area (Å²) in [5.74, 6) is -2.62. The molecule has 10 rings (SSSR count). The highest BCUT2D eigenvalue weighted by Gasteiger charge is 2.33. The average Bonchev–Trinajstić information content (AvgIpc) is 3.39. The van der Waals surface area contributed by atoms with Crippen LogP contribution < -0.4 is 62.9 Å². The Hall–Kier alpha value is -8.24. The maximum atomic E-state index is 15.5. The number of rotatable bonds is 10. The summed E-state index contributed by atoms with van der Waals surface area (Å²) in [5.41, 5.74) is 17.6. The summed E-state index contributed by atoms with van der Waals surface area (Å²) in [6.07, 6.45) is 3.00. The number of ether oxygens (including phenoxy) is 2. The summed E-state index contributed by atoms with van der Waals surface area (Å²) < 4.78 is 46.5. The van der Waals surface area contributed by atoms with Crippen molar-refractivity contribution in [2.24, 2.45) is 5.73 Å². The van der Waals surface area contributed by atoms with Crippen molar-refractivity contribution in [3.05, 3.63) is 127 Å². The largest absolute Gasteiger partial charge is 0.487 e. The SMILES string of the molecule is CC1COc2c(N3CCN(C)CC3)c(F)cc3c(=O)c(C(=O)NNc4cccc(C(N)=O)c4)cn1c23.CNC(=O)c1ccc(NNC(=O)c2cn3c4c(c(N5CCN(C)CC5)c(F)cc4c2=O)OCC3C)cc1. The van der Waals surface area contributed by atoms with Gasteiger partial charge in [0.25, 0.3) is 17.7 Å². The van der Waals surface area contributed by atoms with E-state index >= 15 is 8.78 Å². The van der Waals surface area contributed by atoms with E-state index in [-0.39, 0.29) is 58.7 Å². The van der Waals surface area contributed by atoms with Gasteiger partial charge in [-0.3, -0.25) is 50.5 Å². The Morgan fingerprint density at radius 3 is 1.49 bits per heavy atom. The molecule has 2 fully saturated rings. The Balaban J connectivity index is 0.000000180. The lowest BCUT2D eigenvalue weighted by Gasteiger charge is -2.37. The van der Waals surface area contributed by atoms with Crippen molar-refractivity contribution in [1.29, 1.82) is 0 Å². The van der Waals surface area contributed by atoms with E-state index in [1.807, 2.05) is 42.3 Å². The van der Waals surface area contributed by atoms with Gasteiger partial charge in [0.1, 0.15) is 35.7 Å². The maximum Gasteiger partial charge on any atom is 0.275 e. The van der Waals surface area contributed by atoms with Crippen LogP contribution in [0.3, 0.4) is 0 Å². The van der Waals surface area contributed by atoms with Crippen molar-refractivity contribution in [1.82, 2.24) is 35.1 Å². The Kier molecular flexibility index (Phi) is 13.9. The lowest BCUT2D eigenvalue weighted by atomic mass is 10.0. The number of hydrazine groups is 2. The highest BCUT2D eigenvalue weighted by molar-refractivity contribution is 6.02. The van der Waals surface area contributed by atoms with Crippen LogP contribution in [-0.2, 0) is 0 Å². The van der Waals surface area contributed by atoms with Gasteiger partial charge >= 0.3 is 0 Å². The number of piperazine rings is 2. The van der Waals surface area contributed by atoms with Crippen molar-refractivity contribution < 1.29 is 37.4 Å². The van der Waals surface area contributed by atoms with Gasteiger partial charge in [-0.05, 0) is 82.5 Å². The zero-order chi connectivity index (χ0) is 51.8. The van der Waals surface area contributed by atoms with Crippen LogP contribution >= 0.6 is 0 Å².